The fraction of sp³-hybridized carbons (Fsp3) is 0.462. The number of methoxy groups -OCH3 is 2. The first-order valence-corrected chi connectivity index (χ1v) is 8.21. The Morgan fingerprint density at radius 3 is 2.43 bits per heavy atom. The molecule has 0 aliphatic carbocycles. The van der Waals surface area contributed by atoms with E-state index in [1.165, 1.54) is 37.9 Å². The van der Waals surface area contributed by atoms with Crippen LogP contribution in [0.25, 0.3) is 0 Å². The average molecular weight is 346 g/mol. The van der Waals surface area contributed by atoms with Crippen LogP contribution in [-0.4, -0.2) is 55.4 Å². The Labute approximate surface area is 133 Å². The van der Waals surface area contributed by atoms with Crippen molar-refractivity contribution in [1.82, 2.24) is 10.5 Å². The highest BCUT2D eigenvalue weighted by molar-refractivity contribution is 7.93. The van der Waals surface area contributed by atoms with Crippen LogP contribution in [0.2, 0.25) is 0 Å². The number of carbonyl (C=O) groups excluding carboxylic acids is 1. The van der Waals surface area contributed by atoms with E-state index >= 15 is 0 Å². The number of hydrogen-bond donors (Lipinski definition) is 3. The molecule has 1 aliphatic heterocycles. The number of nitrogens with one attached hydrogen (secondary N) is 1. The summed E-state index contributed by atoms with van der Waals surface area (Å²) < 4.78 is 36.0. The molecule has 10 heteroatoms. The van der Waals surface area contributed by atoms with E-state index in [2.05, 4.69) is 0 Å². The maximum absolute atomic E-state index is 13.0. The van der Waals surface area contributed by atoms with Gasteiger partial charge in [0.25, 0.3) is 5.91 Å². The molecule has 1 saturated heterocycles. The third-order valence-corrected chi connectivity index (χ3v) is 6.23. The minimum atomic E-state index is -4.35. The molecule has 0 saturated carbocycles. The van der Waals surface area contributed by atoms with E-state index in [0.717, 1.165) is 0 Å². The fourth-order valence-corrected chi connectivity index (χ4v) is 4.64. The number of carbonyl (C=O) groups is 1. The number of amides is 1. The molecule has 3 N–H and O–H groups in total. The summed E-state index contributed by atoms with van der Waals surface area (Å²) in [5, 5.41) is 19.4. The lowest BCUT2D eigenvalue weighted by Gasteiger charge is -2.31. The molecule has 9 nitrogen and oxygen atoms in total. The van der Waals surface area contributed by atoms with Crippen molar-refractivity contribution in [3.63, 3.8) is 0 Å². The monoisotopic (exact) mass is 346 g/mol. The van der Waals surface area contributed by atoms with Crippen molar-refractivity contribution >= 4 is 15.7 Å². The first kappa shape index (κ1) is 17.5. The second-order valence-corrected chi connectivity index (χ2v) is 7.13. The van der Waals surface area contributed by atoms with E-state index in [-0.39, 0.29) is 30.0 Å². The molecular formula is C13H18N2O7S. The van der Waals surface area contributed by atoms with Gasteiger partial charge in [-0.2, -0.15) is 5.06 Å². The van der Waals surface area contributed by atoms with Crippen LogP contribution in [0, 0.1) is 0 Å². The van der Waals surface area contributed by atoms with E-state index < -0.39 is 20.6 Å². The zero-order valence-corrected chi connectivity index (χ0v) is 13.5. The molecule has 128 valence electrons. The lowest BCUT2D eigenvalue weighted by Crippen LogP contribution is -2.58. The van der Waals surface area contributed by atoms with Gasteiger partial charge in [0, 0.05) is 12.6 Å². The van der Waals surface area contributed by atoms with Crippen LogP contribution in [0.1, 0.15) is 12.8 Å². The van der Waals surface area contributed by atoms with E-state index in [0.29, 0.717) is 10.8 Å². The summed E-state index contributed by atoms with van der Waals surface area (Å²) in [4.78, 5) is 9.52. The first-order valence-electron chi connectivity index (χ1n) is 6.73. The normalized spacial score (nSPS) is 21.9. The number of benzene rings is 1. The van der Waals surface area contributed by atoms with Gasteiger partial charge in [-0.1, -0.05) is 0 Å². The topological polar surface area (TPSA) is 125 Å². The highest BCUT2D eigenvalue weighted by Gasteiger charge is 2.58. The lowest BCUT2D eigenvalue weighted by molar-refractivity contribution is -0.160. The Kier molecular flexibility index (Phi) is 4.80. The van der Waals surface area contributed by atoms with Crippen LogP contribution in [0.15, 0.2) is 23.1 Å². The number of nitrogens with zero attached hydrogens (tertiary/aromatic N) is 1. The van der Waals surface area contributed by atoms with Gasteiger partial charge < -0.3 is 14.7 Å². The van der Waals surface area contributed by atoms with Crippen molar-refractivity contribution in [2.75, 3.05) is 20.8 Å². The van der Waals surface area contributed by atoms with E-state index in [9.17, 15) is 18.4 Å². The van der Waals surface area contributed by atoms with Gasteiger partial charge in [0.15, 0.2) is 11.5 Å². The van der Waals surface area contributed by atoms with Gasteiger partial charge in [0.2, 0.25) is 14.7 Å². The Morgan fingerprint density at radius 2 is 1.96 bits per heavy atom. The smallest absolute Gasteiger partial charge is 0.282 e. The summed E-state index contributed by atoms with van der Waals surface area (Å²) in [5.74, 6) is -0.734. The van der Waals surface area contributed by atoms with Crippen molar-refractivity contribution in [3.05, 3.63) is 18.2 Å². The van der Waals surface area contributed by atoms with Gasteiger partial charge >= 0.3 is 0 Å². The molecule has 2 rings (SSSR count). The number of sulfone groups is 1. The summed E-state index contributed by atoms with van der Waals surface area (Å²) in [6.45, 7) is -0.0139. The molecule has 1 fully saturated rings. The Hall–Kier alpha value is -1.88. The van der Waals surface area contributed by atoms with Crippen LogP contribution in [0.5, 0.6) is 11.5 Å². The summed E-state index contributed by atoms with van der Waals surface area (Å²) in [7, 11) is -1.60. The van der Waals surface area contributed by atoms with Crippen LogP contribution >= 0.6 is 0 Å². The quantitative estimate of drug-likeness (QED) is 0.509. The number of hydroxylamine groups is 3. The first-order chi connectivity index (χ1) is 10.8. The van der Waals surface area contributed by atoms with Crippen molar-refractivity contribution in [3.8, 4) is 11.5 Å². The molecule has 1 aromatic rings. The van der Waals surface area contributed by atoms with Gasteiger partial charge in [-0.3, -0.25) is 10.0 Å². The Morgan fingerprint density at radius 1 is 1.30 bits per heavy atom. The predicted molar refractivity (Wildman–Crippen MR) is 77.1 cm³/mol. The second kappa shape index (κ2) is 6.32. The molecular weight excluding hydrogens is 328 g/mol. The van der Waals surface area contributed by atoms with E-state index in [1.807, 2.05) is 0 Å². The largest absolute Gasteiger partial charge is 0.493 e. The zero-order chi connectivity index (χ0) is 17.3. The van der Waals surface area contributed by atoms with Gasteiger partial charge in [-0.25, -0.2) is 13.9 Å². The fourth-order valence-electron chi connectivity index (χ4n) is 2.67. The summed E-state index contributed by atoms with van der Waals surface area (Å²) in [6, 6.07) is 3.83. The molecule has 23 heavy (non-hydrogen) atoms. The SMILES string of the molecule is COc1ccc(S(=O)(=O)C2(C(=O)NO)CCCN2O)cc1OC. The predicted octanol–water partition coefficient (Wildman–Crippen LogP) is 0.164. The second-order valence-electron chi connectivity index (χ2n) is 4.97. The molecule has 1 unspecified atom stereocenters. The van der Waals surface area contributed by atoms with Crippen molar-refractivity contribution in [1.29, 1.82) is 0 Å². The number of rotatable bonds is 5. The molecule has 0 bridgehead atoms. The minimum Gasteiger partial charge on any atom is -0.493 e. The van der Waals surface area contributed by atoms with Crippen LogP contribution in [0.3, 0.4) is 0 Å². The van der Waals surface area contributed by atoms with Gasteiger partial charge in [0.05, 0.1) is 19.1 Å². The van der Waals surface area contributed by atoms with Crippen LogP contribution in [0.4, 0.5) is 0 Å². The van der Waals surface area contributed by atoms with Gasteiger partial charge in [-0.15, -0.1) is 0 Å². The van der Waals surface area contributed by atoms with Crippen molar-refractivity contribution < 1.29 is 33.1 Å². The highest BCUT2D eigenvalue weighted by atomic mass is 32.2. The van der Waals surface area contributed by atoms with Crippen molar-refractivity contribution in [2.45, 2.75) is 22.6 Å². The molecule has 1 heterocycles. The molecule has 0 aromatic heterocycles. The summed E-state index contributed by atoms with van der Waals surface area (Å²) in [5.41, 5.74) is 1.33. The maximum atomic E-state index is 13.0. The molecule has 1 aliphatic rings. The zero-order valence-electron chi connectivity index (χ0n) is 12.6. The van der Waals surface area contributed by atoms with E-state index in [1.54, 1.807) is 0 Å². The van der Waals surface area contributed by atoms with Gasteiger partial charge in [0.1, 0.15) is 0 Å². The molecule has 0 radical (unpaired) electrons. The molecule has 1 aromatic carbocycles. The molecule has 1 amide bonds. The Balaban J connectivity index is 2.62. The summed E-state index contributed by atoms with van der Waals surface area (Å²) in [6.07, 6.45) is 0.114. The van der Waals surface area contributed by atoms with Gasteiger partial charge in [-0.05, 0) is 25.0 Å². The van der Waals surface area contributed by atoms with Crippen molar-refractivity contribution in [2.24, 2.45) is 0 Å². The standard InChI is InChI=1S/C13H18N2O7S/c1-21-10-5-4-9(8-11(10)22-2)23(19,20)13(12(16)14-17)6-3-7-15(13)18/h4-5,8,17-18H,3,6-7H2,1-2H3,(H,14,16). The average Bonchev–Trinajstić information content (AvgIpc) is 2.96. The third-order valence-electron chi connectivity index (χ3n) is 3.87. The molecule has 0 spiro atoms. The highest BCUT2D eigenvalue weighted by Crippen LogP contribution is 2.40. The van der Waals surface area contributed by atoms with Crippen LogP contribution in [-0.2, 0) is 14.6 Å². The maximum Gasteiger partial charge on any atom is 0.282 e. The summed E-state index contributed by atoms with van der Waals surface area (Å²) >= 11 is 0. The Bertz CT molecular complexity index is 706. The number of ether oxygens (including phenoxy) is 2. The lowest BCUT2D eigenvalue weighted by atomic mass is 10.2. The third kappa shape index (κ3) is 2.53. The number of hydrogen-bond acceptors (Lipinski definition) is 8. The molecule has 1 atom stereocenters. The minimum absolute atomic E-state index is 0.0139. The van der Waals surface area contributed by atoms with Crippen LogP contribution < -0.4 is 15.0 Å². The van der Waals surface area contributed by atoms with E-state index in [4.69, 9.17) is 14.7 Å².